The van der Waals surface area contributed by atoms with Crippen LogP contribution in [-0.4, -0.2) is 33.4 Å². The topological polar surface area (TPSA) is 100 Å². The number of phenols is 1. The summed E-state index contributed by atoms with van der Waals surface area (Å²) in [5, 5.41) is 21.4. The molecule has 164 valence electrons. The third kappa shape index (κ3) is 3.94. The number of hydrogen-bond donors (Lipinski definition) is 2. The van der Waals surface area contributed by atoms with Gasteiger partial charge < -0.3 is 24.3 Å². The largest absolute Gasteiger partial charge is 0.508 e. The highest BCUT2D eigenvalue weighted by atomic mass is 35.5. The molecule has 1 saturated heterocycles. The van der Waals surface area contributed by atoms with E-state index >= 15 is 0 Å². The molecule has 1 aliphatic heterocycles. The number of Topliss-reactive ketones (excluding diaryl/α,β-unsaturated/α-hetero) is 1. The van der Waals surface area contributed by atoms with Crippen LogP contribution in [0.3, 0.4) is 0 Å². The van der Waals surface area contributed by atoms with Gasteiger partial charge in [0.15, 0.2) is 0 Å². The van der Waals surface area contributed by atoms with Crippen LogP contribution in [0.4, 0.5) is 0 Å². The highest BCUT2D eigenvalue weighted by molar-refractivity contribution is 6.47. The molecule has 8 heteroatoms. The van der Waals surface area contributed by atoms with Gasteiger partial charge in [0.2, 0.25) is 0 Å². The molecule has 1 aliphatic rings. The number of nitrogens with zero attached hydrogens (tertiary/aromatic N) is 1. The summed E-state index contributed by atoms with van der Waals surface area (Å²) in [6.07, 6.45) is 1.47. The van der Waals surface area contributed by atoms with Crippen LogP contribution in [0.25, 0.3) is 5.76 Å². The Morgan fingerprint density at radius 1 is 1.16 bits per heavy atom. The first-order valence-electron chi connectivity index (χ1n) is 9.93. The maximum absolute atomic E-state index is 13.1. The highest BCUT2D eigenvalue weighted by Crippen LogP contribution is 2.42. The molecule has 3 aromatic rings. The SMILES string of the molecule is CCOc1ccc(Cl)c(/C(O)=C2\C(=O)C(=O)N(Cc3ccco3)C2c2cccc(O)c2)c1. The summed E-state index contributed by atoms with van der Waals surface area (Å²) in [5.74, 6) is -1.20. The summed E-state index contributed by atoms with van der Waals surface area (Å²) in [6.45, 7) is 2.22. The second-order valence-electron chi connectivity index (χ2n) is 7.18. The Labute approximate surface area is 189 Å². The molecule has 32 heavy (non-hydrogen) atoms. The fourth-order valence-electron chi connectivity index (χ4n) is 3.74. The molecule has 1 fully saturated rings. The zero-order valence-electron chi connectivity index (χ0n) is 17.1. The Hall–Kier alpha value is -3.71. The Balaban J connectivity index is 1.89. The molecule has 0 spiro atoms. The molecular formula is C24H20ClNO6. The van der Waals surface area contributed by atoms with Gasteiger partial charge in [-0.3, -0.25) is 9.59 Å². The van der Waals surface area contributed by atoms with Crippen molar-refractivity contribution in [2.24, 2.45) is 0 Å². The van der Waals surface area contributed by atoms with E-state index < -0.39 is 23.5 Å². The Morgan fingerprint density at radius 2 is 1.97 bits per heavy atom. The minimum Gasteiger partial charge on any atom is -0.508 e. The quantitative estimate of drug-likeness (QED) is 0.320. The number of furan rings is 1. The van der Waals surface area contributed by atoms with Gasteiger partial charge in [-0.2, -0.15) is 0 Å². The number of rotatable bonds is 6. The van der Waals surface area contributed by atoms with E-state index in [0.717, 1.165) is 0 Å². The van der Waals surface area contributed by atoms with E-state index in [-0.39, 0.29) is 28.5 Å². The first-order valence-corrected chi connectivity index (χ1v) is 10.3. The molecule has 7 nitrogen and oxygen atoms in total. The van der Waals surface area contributed by atoms with E-state index in [1.807, 2.05) is 6.92 Å². The smallest absolute Gasteiger partial charge is 0.296 e. The van der Waals surface area contributed by atoms with Crippen LogP contribution < -0.4 is 4.74 Å². The lowest BCUT2D eigenvalue weighted by atomic mass is 9.95. The summed E-state index contributed by atoms with van der Waals surface area (Å²) < 4.78 is 10.8. The van der Waals surface area contributed by atoms with Crippen LogP contribution in [0.2, 0.25) is 5.02 Å². The van der Waals surface area contributed by atoms with Crippen molar-refractivity contribution >= 4 is 29.1 Å². The maximum Gasteiger partial charge on any atom is 0.296 e. The lowest BCUT2D eigenvalue weighted by Gasteiger charge is -2.24. The molecule has 2 N–H and O–H groups in total. The number of ketones is 1. The summed E-state index contributed by atoms with van der Waals surface area (Å²) in [7, 11) is 0. The van der Waals surface area contributed by atoms with Crippen LogP contribution in [0.5, 0.6) is 11.5 Å². The van der Waals surface area contributed by atoms with E-state index in [9.17, 15) is 19.8 Å². The molecule has 2 heterocycles. The number of phenolic OH excluding ortho intramolecular Hbond substituents is 1. The molecule has 0 saturated carbocycles. The molecule has 1 amide bonds. The number of likely N-dealkylation sites (tertiary alicyclic amines) is 1. The van der Waals surface area contributed by atoms with Crippen molar-refractivity contribution in [1.29, 1.82) is 0 Å². The fraction of sp³-hybridized carbons (Fsp3) is 0.167. The lowest BCUT2D eigenvalue weighted by Crippen LogP contribution is -2.29. The fourth-order valence-corrected chi connectivity index (χ4v) is 3.95. The number of amides is 1. The molecule has 2 aromatic carbocycles. The van der Waals surface area contributed by atoms with Crippen molar-refractivity contribution in [3.05, 3.63) is 88.3 Å². The van der Waals surface area contributed by atoms with E-state index in [0.29, 0.717) is 23.7 Å². The number of benzene rings is 2. The van der Waals surface area contributed by atoms with Gasteiger partial charge >= 0.3 is 0 Å². The van der Waals surface area contributed by atoms with E-state index in [1.165, 1.54) is 29.4 Å². The predicted octanol–water partition coefficient (Wildman–Crippen LogP) is 4.66. The minimum absolute atomic E-state index is 0.00138. The average Bonchev–Trinajstić information content (AvgIpc) is 3.37. The van der Waals surface area contributed by atoms with Crippen LogP contribution in [-0.2, 0) is 16.1 Å². The summed E-state index contributed by atoms with van der Waals surface area (Å²) in [4.78, 5) is 27.3. The monoisotopic (exact) mass is 453 g/mol. The van der Waals surface area contributed by atoms with Gasteiger partial charge in [-0.1, -0.05) is 23.7 Å². The van der Waals surface area contributed by atoms with Gasteiger partial charge in [-0.15, -0.1) is 0 Å². The van der Waals surface area contributed by atoms with Gasteiger partial charge in [-0.25, -0.2) is 0 Å². The van der Waals surface area contributed by atoms with Crippen molar-refractivity contribution in [2.75, 3.05) is 6.61 Å². The summed E-state index contributed by atoms with van der Waals surface area (Å²) >= 11 is 6.31. The normalized spacial score (nSPS) is 17.7. The number of hydrogen-bond acceptors (Lipinski definition) is 6. The number of aliphatic hydroxyl groups is 1. The molecular weight excluding hydrogens is 434 g/mol. The standard InChI is InChI=1S/C24H20ClNO6/c1-2-31-16-8-9-19(25)18(12-16)22(28)20-21(14-5-3-6-15(27)11-14)26(24(30)23(20)29)13-17-7-4-10-32-17/h3-12,21,27-28H,2,13H2,1H3/b22-20+. The summed E-state index contributed by atoms with van der Waals surface area (Å²) in [5.41, 5.74) is 0.482. The van der Waals surface area contributed by atoms with Crippen LogP contribution >= 0.6 is 11.6 Å². The molecule has 0 radical (unpaired) electrons. The number of carbonyl (C=O) groups is 2. The second kappa shape index (κ2) is 8.80. The Kier molecular flexibility index (Phi) is 5.92. The van der Waals surface area contributed by atoms with Crippen molar-refractivity contribution in [2.45, 2.75) is 19.5 Å². The van der Waals surface area contributed by atoms with Crippen LogP contribution in [0.15, 0.2) is 70.9 Å². The predicted molar refractivity (Wildman–Crippen MR) is 117 cm³/mol. The first-order chi connectivity index (χ1) is 15.4. The molecule has 4 rings (SSSR count). The van der Waals surface area contributed by atoms with Gasteiger partial charge in [0.25, 0.3) is 11.7 Å². The number of halogens is 1. The van der Waals surface area contributed by atoms with Crippen molar-refractivity contribution < 1.29 is 29.0 Å². The van der Waals surface area contributed by atoms with Crippen LogP contribution in [0, 0.1) is 0 Å². The van der Waals surface area contributed by atoms with Crippen LogP contribution in [0.1, 0.15) is 29.9 Å². The van der Waals surface area contributed by atoms with E-state index in [2.05, 4.69) is 0 Å². The average molecular weight is 454 g/mol. The maximum atomic E-state index is 13.1. The molecule has 0 aliphatic carbocycles. The minimum atomic E-state index is -0.959. The zero-order chi connectivity index (χ0) is 22.8. The lowest BCUT2D eigenvalue weighted by molar-refractivity contribution is -0.140. The van der Waals surface area contributed by atoms with Crippen molar-refractivity contribution in [3.8, 4) is 11.5 Å². The zero-order valence-corrected chi connectivity index (χ0v) is 17.9. The molecule has 1 aromatic heterocycles. The first kappa shape index (κ1) is 21.5. The van der Waals surface area contributed by atoms with Gasteiger partial charge in [0, 0.05) is 5.56 Å². The van der Waals surface area contributed by atoms with Crippen molar-refractivity contribution in [1.82, 2.24) is 4.90 Å². The van der Waals surface area contributed by atoms with Gasteiger partial charge in [-0.05, 0) is 55.0 Å². The highest BCUT2D eigenvalue weighted by Gasteiger charge is 2.46. The van der Waals surface area contributed by atoms with E-state index in [4.69, 9.17) is 20.8 Å². The third-order valence-corrected chi connectivity index (χ3v) is 5.47. The number of ether oxygens (including phenoxy) is 1. The van der Waals surface area contributed by atoms with Gasteiger partial charge in [0.05, 0.1) is 36.1 Å². The molecule has 0 bridgehead atoms. The number of aromatic hydroxyl groups is 1. The number of carbonyl (C=O) groups excluding carboxylic acids is 2. The third-order valence-electron chi connectivity index (χ3n) is 5.14. The second-order valence-corrected chi connectivity index (χ2v) is 7.58. The molecule has 1 unspecified atom stereocenters. The van der Waals surface area contributed by atoms with Crippen molar-refractivity contribution in [3.63, 3.8) is 0 Å². The number of aliphatic hydroxyl groups excluding tert-OH is 1. The van der Waals surface area contributed by atoms with E-state index in [1.54, 1.807) is 36.4 Å². The summed E-state index contributed by atoms with van der Waals surface area (Å²) in [6, 6.07) is 13.3. The Bertz CT molecular complexity index is 1200. The van der Waals surface area contributed by atoms with Gasteiger partial charge in [0.1, 0.15) is 23.0 Å². The Morgan fingerprint density at radius 3 is 2.66 bits per heavy atom. The molecule has 1 atom stereocenters.